The van der Waals surface area contributed by atoms with E-state index in [2.05, 4.69) is 100 Å². The number of hydrogen-bond acceptors (Lipinski definition) is 1. The number of benzene rings is 2. The standard InChI is InChI=1S/C23H27NSi/c1-17-11-13-20(14-12-17)22-15-21(23(16-24-22)25(3,4)5)18(2)19-9-7-6-8-10-19/h6-16,18H,1-5H3. The van der Waals surface area contributed by atoms with E-state index in [9.17, 15) is 0 Å². The molecule has 0 aliphatic rings. The van der Waals surface area contributed by atoms with E-state index in [1.165, 1.54) is 27.4 Å². The Hall–Kier alpha value is -2.19. The van der Waals surface area contributed by atoms with Crippen molar-refractivity contribution in [2.45, 2.75) is 39.4 Å². The van der Waals surface area contributed by atoms with Crippen molar-refractivity contribution in [2.75, 3.05) is 0 Å². The van der Waals surface area contributed by atoms with Gasteiger partial charge in [0.2, 0.25) is 0 Å². The molecule has 0 aliphatic carbocycles. The summed E-state index contributed by atoms with van der Waals surface area (Å²) < 4.78 is 0. The first kappa shape index (κ1) is 17.6. The van der Waals surface area contributed by atoms with Crippen molar-refractivity contribution < 1.29 is 0 Å². The second-order valence-electron chi connectivity index (χ2n) is 7.91. The molecule has 0 saturated carbocycles. The van der Waals surface area contributed by atoms with Gasteiger partial charge in [-0.3, -0.25) is 4.98 Å². The molecule has 0 bridgehead atoms. The van der Waals surface area contributed by atoms with Crippen LogP contribution in [0.5, 0.6) is 0 Å². The van der Waals surface area contributed by atoms with Crippen LogP contribution in [0.3, 0.4) is 0 Å². The summed E-state index contributed by atoms with van der Waals surface area (Å²) in [7, 11) is -1.47. The number of rotatable bonds is 4. The Morgan fingerprint density at radius 2 is 1.52 bits per heavy atom. The zero-order valence-corrected chi connectivity index (χ0v) is 16.9. The van der Waals surface area contributed by atoms with E-state index in [0.717, 1.165) is 5.69 Å². The molecule has 0 fully saturated rings. The van der Waals surface area contributed by atoms with Gasteiger partial charge in [-0.1, -0.05) is 86.7 Å². The number of pyridine rings is 1. The van der Waals surface area contributed by atoms with E-state index in [0.29, 0.717) is 5.92 Å². The highest BCUT2D eigenvalue weighted by atomic mass is 28.3. The van der Waals surface area contributed by atoms with Gasteiger partial charge in [0.1, 0.15) is 0 Å². The van der Waals surface area contributed by atoms with Crippen molar-refractivity contribution in [3.05, 3.63) is 83.6 Å². The molecule has 0 spiro atoms. The summed E-state index contributed by atoms with van der Waals surface area (Å²) >= 11 is 0. The van der Waals surface area contributed by atoms with E-state index in [1.54, 1.807) is 0 Å². The minimum atomic E-state index is -1.47. The molecule has 1 aromatic heterocycles. The Morgan fingerprint density at radius 3 is 2.12 bits per heavy atom. The third-order valence-corrected chi connectivity index (χ3v) is 6.89. The summed E-state index contributed by atoms with van der Waals surface area (Å²) in [5, 5.41) is 1.46. The second-order valence-corrected chi connectivity index (χ2v) is 12.9. The Balaban J connectivity index is 2.12. The minimum Gasteiger partial charge on any atom is -0.256 e. The van der Waals surface area contributed by atoms with E-state index in [-0.39, 0.29) is 0 Å². The van der Waals surface area contributed by atoms with E-state index >= 15 is 0 Å². The van der Waals surface area contributed by atoms with Crippen molar-refractivity contribution in [2.24, 2.45) is 0 Å². The monoisotopic (exact) mass is 345 g/mol. The smallest absolute Gasteiger partial charge is 0.0800 e. The number of nitrogens with zero attached hydrogens (tertiary/aromatic N) is 1. The molecule has 0 saturated heterocycles. The van der Waals surface area contributed by atoms with Crippen LogP contribution in [0.25, 0.3) is 11.3 Å². The van der Waals surface area contributed by atoms with E-state index in [1.807, 2.05) is 0 Å². The van der Waals surface area contributed by atoms with Gasteiger partial charge in [0.05, 0.1) is 13.8 Å². The normalized spacial score (nSPS) is 12.8. The lowest BCUT2D eigenvalue weighted by atomic mass is 9.92. The van der Waals surface area contributed by atoms with Gasteiger partial charge >= 0.3 is 0 Å². The summed E-state index contributed by atoms with van der Waals surface area (Å²) in [5.74, 6) is 0.370. The number of aryl methyl sites for hydroxylation is 1. The molecule has 1 heterocycles. The Labute approximate surface area is 152 Å². The lowest BCUT2D eigenvalue weighted by Gasteiger charge is -2.25. The topological polar surface area (TPSA) is 12.9 Å². The lowest BCUT2D eigenvalue weighted by molar-refractivity contribution is 0.925. The molecule has 1 unspecified atom stereocenters. The largest absolute Gasteiger partial charge is 0.256 e. The summed E-state index contributed by atoms with van der Waals surface area (Å²) in [6.07, 6.45) is 2.14. The molecule has 0 radical (unpaired) electrons. The van der Waals surface area contributed by atoms with Gasteiger partial charge in [0.25, 0.3) is 0 Å². The maximum absolute atomic E-state index is 4.82. The molecule has 0 N–H and O–H groups in total. The fourth-order valence-electron chi connectivity index (χ4n) is 3.26. The van der Waals surface area contributed by atoms with Gasteiger partial charge in [-0.2, -0.15) is 0 Å². The Bertz CT molecular complexity index is 846. The average molecular weight is 346 g/mol. The average Bonchev–Trinajstić information content (AvgIpc) is 2.61. The van der Waals surface area contributed by atoms with Crippen LogP contribution in [-0.2, 0) is 0 Å². The maximum Gasteiger partial charge on any atom is 0.0800 e. The first-order valence-corrected chi connectivity index (χ1v) is 12.5. The van der Waals surface area contributed by atoms with Crippen LogP contribution in [-0.4, -0.2) is 13.1 Å². The lowest BCUT2D eigenvalue weighted by Crippen LogP contribution is -2.41. The number of aromatic nitrogens is 1. The molecular formula is C23H27NSi. The van der Waals surface area contributed by atoms with Crippen molar-refractivity contribution in [1.82, 2.24) is 4.98 Å². The molecular weight excluding hydrogens is 318 g/mol. The van der Waals surface area contributed by atoms with E-state index in [4.69, 9.17) is 4.98 Å². The zero-order chi connectivity index (χ0) is 18.0. The summed E-state index contributed by atoms with van der Waals surface area (Å²) in [4.78, 5) is 4.82. The predicted octanol–water partition coefficient (Wildman–Crippen LogP) is 5.75. The van der Waals surface area contributed by atoms with Gasteiger partial charge in [0.15, 0.2) is 0 Å². The fraction of sp³-hybridized carbons (Fsp3) is 0.261. The van der Waals surface area contributed by atoms with Gasteiger partial charge in [-0.05, 0) is 29.3 Å². The fourth-order valence-corrected chi connectivity index (χ4v) is 4.87. The maximum atomic E-state index is 4.82. The van der Waals surface area contributed by atoms with Crippen LogP contribution in [0.2, 0.25) is 19.6 Å². The summed E-state index contributed by atoms with van der Waals surface area (Å²) in [6.45, 7) is 11.6. The van der Waals surface area contributed by atoms with Crippen LogP contribution in [0.4, 0.5) is 0 Å². The third-order valence-electron chi connectivity index (χ3n) is 4.86. The van der Waals surface area contributed by atoms with Gasteiger partial charge in [0, 0.05) is 17.7 Å². The van der Waals surface area contributed by atoms with Gasteiger partial charge < -0.3 is 0 Å². The highest BCUT2D eigenvalue weighted by molar-refractivity contribution is 6.89. The third kappa shape index (κ3) is 3.90. The Morgan fingerprint density at radius 1 is 0.880 bits per heavy atom. The van der Waals surface area contributed by atoms with Gasteiger partial charge in [-0.25, -0.2) is 0 Å². The molecule has 2 heteroatoms. The van der Waals surface area contributed by atoms with Crippen molar-refractivity contribution >= 4 is 13.3 Å². The van der Waals surface area contributed by atoms with Crippen LogP contribution >= 0.6 is 0 Å². The molecule has 2 aromatic carbocycles. The Kier molecular flexibility index (Phi) is 4.91. The molecule has 3 aromatic rings. The minimum absolute atomic E-state index is 0.370. The SMILES string of the molecule is Cc1ccc(-c2cc(C(C)c3ccccc3)c([Si](C)(C)C)cn2)cc1. The van der Waals surface area contributed by atoms with Crippen LogP contribution < -0.4 is 5.19 Å². The molecule has 1 nitrogen and oxygen atoms in total. The molecule has 1 atom stereocenters. The molecule has 128 valence electrons. The first-order chi connectivity index (χ1) is 11.9. The second kappa shape index (κ2) is 6.97. The highest BCUT2D eigenvalue weighted by Crippen LogP contribution is 2.27. The zero-order valence-electron chi connectivity index (χ0n) is 15.9. The molecule has 0 aliphatic heterocycles. The van der Waals surface area contributed by atoms with Crippen molar-refractivity contribution in [1.29, 1.82) is 0 Å². The summed E-state index contributed by atoms with van der Waals surface area (Å²) in [6, 6.07) is 21.8. The molecule has 0 amide bonds. The number of hydrogen-bond donors (Lipinski definition) is 0. The van der Waals surface area contributed by atoms with Crippen LogP contribution in [0, 0.1) is 6.92 Å². The quantitative estimate of drug-likeness (QED) is 0.548. The van der Waals surface area contributed by atoms with Gasteiger partial charge in [-0.15, -0.1) is 0 Å². The molecule has 3 rings (SSSR count). The van der Waals surface area contributed by atoms with E-state index < -0.39 is 8.07 Å². The summed E-state index contributed by atoms with van der Waals surface area (Å²) in [5.41, 5.74) is 6.33. The first-order valence-electron chi connectivity index (χ1n) is 8.98. The molecule has 25 heavy (non-hydrogen) atoms. The van der Waals surface area contributed by atoms with Crippen molar-refractivity contribution in [3.8, 4) is 11.3 Å². The van der Waals surface area contributed by atoms with Crippen LogP contribution in [0.15, 0.2) is 66.9 Å². The predicted molar refractivity (Wildman–Crippen MR) is 111 cm³/mol. The van der Waals surface area contributed by atoms with Crippen molar-refractivity contribution in [3.63, 3.8) is 0 Å². The highest BCUT2D eigenvalue weighted by Gasteiger charge is 2.24. The van der Waals surface area contributed by atoms with Crippen LogP contribution in [0.1, 0.15) is 29.5 Å².